The van der Waals surface area contributed by atoms with Crippen LogP contribution in [0.3, 0.4) is 0 Å². The largest absolute Gasteiger partial charge is 0.493 e. The minimum Gasteiger partial charge on any atom is -0.493 e. The van der Waals surface area contributed by atoms with Gasteiger partial charge in [0.2, 0.25) is 0 Å². The highest BCUT2D eigenvalue weighted by Crippen LogP contribution is 2.40. The summed E-state index contributed by atoms with van der Waals surface area (Å²) >= 11 is 0. The van der Waals surface area contributed by atoms with Gasteiger partial charge in [0.15, 0.2) is 0 Å². The first-order valence-corrected chi connectivity index (χ1v) is 22.4. The van der Waals surface area contributed by atoms with Crippen molar-refractivity contribution in [3.63, 3.8) is 0 Å². The fourth-order valence-corrected chi connectivity index (χ4v) is 8.27. The van der Waals surface area contributed by atoms with Gasteiger partial charge in [-0.2, -0.15) is 0 Å². The summed E-state index contributed by atoms with van der Waals surface area (Å²) in [5.41, 5.74) is 8.86. The maximum atomic E-state index is 12.2. The smallest absolute Gasteiger partial charge is 0.333 e. The molecule has 0 atom stereocenters. The summed E-state index contributed by atoms with van der Waals surface area (Å²) in [5.74, 6) is 1.29. The van der Waals surface area contributed by atoms with Crippen molar-refractivity contribution in [2.45, 2.75) is 124 Å². The molecule has 8 nitrogen and oxygen atoms in total. The second kappa shape index (κ2) is 24.9. The molecule has 0 unspecified atom stereocenters. The van der Waals surface area contributed by atoms with E-state index in [-0.39, 0.29) is 31.8 Å². The summed E-state index contributed by atoms with van der Waals surface area (Å²) in [7, 11) is 1.69. The Kier molecular flexibility index (Phi) is 20.1. The molecule has 60 heavy (non-hydrogen) atoms. The Morgan fingerprint density at radius 3 is 1.90 bits per heavy atom. The third-order valence-electron chi connectivity index (χ3n) is 12.2. The topological polar surface area (TPSA) is 112 Å². The first kappa shape index (κ1) is 48.4. The molecule has 0 aliphatic heterocycles. The van der Waals surface area contributed by atoms with Crippen molar-refractivity contribution in [2.75, 3.05) is 46.8 Å². The van der Waals surface area contributed by atoms with Crippen molar-refractivity contribution in [2.24, 2.45) is 11.3 Å². The summed E-state index contributed by atoms with van der Waals surface area (Å²) in [5, 5.41) is 20.6. The predicted molar refractivity (Wildman–Crippen MR) is 242 cm³/mol. The number of esters is 2. The Hall–Kier alpha value is -4.24. The van der Waals surface area contributed by atoms with E-state index in [4.69, 9.17) is 18.9 Å². The van der Waals surface area contributed by atoms with Crippen molar-refractivity contribution in [3.8, 4) is 28.0 Å². The Labute approximate surface area is 360 Å². The first-order valence-electron chi connectivity index (χ1n) is 22.4. The average molecular weight is 825 g/mol. The lowest BCUT2D eigenvalue weighted by atomic mass is 9.77. The molecule has 1 fully saturated rings. The van der Waals surface area contributed by atoms with Gasteiger partial charge in [-0.25, -0.2) is 9.59 Å². The van der Waals surface area contributed by atoms with Crippen LogP contribution in [0, 0.1) is 11.3 Å². The zero-order valence-corrected chi connectivity index (χ0v) is 37.3. The van der Waals surface area contributed by atoms with Crippen LogP contribution >= 0.6 is 0 Å². The summed E-state index contributed by atoms with van der Waals surface area (Å²) in [4.78, 5) is 24.4. The molecule has 8 heteroatoms. The van der Waals surface area contributed by atoms with E-state index >= 15 is 0 Å². The van der Waals surface area contributed by atoms with Crippen LogP contribution in [0.15, 0.2) is 78.9 Å². The maximum absolute atomic E-state index is 12.2. The lowest BCUT2D eigenvalue weighted by Crippen LogP contribution is -2.37. The standard InChI is InChI=1S/C52H72O8/c1-8-10-11-14-39-17-19-41(20-18-39)42-21-23-43(24-22-42)44-25-26-48(40(9-2)31-44)47-32-45(15-12-28-57-7)49(46(33-47)16-13-29-59-50(55)37(3)4)58-30-27-52(34-53,35-54)36-60-51(56)38(5)6/h21-26,31-33,39,41,53-54H,3,5,8-20,27-30,34-36H2,1-2,4,6-7H3. The number of hydrogen-bond donors (Lipinski definition) is 2. The minimum atomic E-state index is -1.09. The number of benzene rings is 3. The highest BCUT2D eigenvalue weighted by Gasteiger charge is 2.31. The van der Waals surface area contributed by atoms with Crippen molar-refractivity contribution in [1.29, 1.82) is 0 Å². The number of aliphatic hydroxyl groups excluding tert-OH is 2. The normalized spacial score (nSPS) is 15.4. The average Bonchev–Trinajstić information content (AvgIpc) is 3.26. The fraction of sp³-hybridized carbons (Fsp3) is 0.538. The number of aliphatic hydroxyl groups is 2. The Morgan fingerprint density at radius 2 is 1.32 bits per heavy atom. The monoisotopic (exact) mass is 825 g/mol. The van der Waals surface area contributed by atoms with Gasteiger partial charge >= 0.3 is 11.9 Å². The Balaban J connectivity index is 1.62. The second-order valence-electron chi connectivity index (χ2n) is 17.1. The quantitative estimate of drug-likeness (QED) is 0.0468. The highest BCUT2D eigenvalue weighted by molar-refractivity contribution is 5.87. The van der Waals surface area contributed by atoms with Gasteiger partial charge in [0.05, 0.1) is 31.8 Å². The number of aryl methyl sites for hydroxylation is 3. The number of methoxy groups -OCH3 is 1. The van der Waals surface area contributed by atoms with E-state index in [0.29, 0.717) is 37.4 Å². The molecular weight excluding hydrogens is 753 g/mol. The minimum absolute atomic E-state index is 0.161. The van der Waals surface area contributed by atoms with Crippen LogP contribution in [-0.4, -0.2) is 68.9 Å². The molecular formula is C52H72O8. The molecule has 4 rings (SSSR count). The van der Waals surface area contributed by atoms with Crippen LogP contribution in [0.25, 0.3) is 22.3 Å². The fourth-order valence-electron chi connectivity index (χ4n) is 8.27. The van der Waals surface area contributed by atoms with Crippen molar-refractivity contribution in [1.82, 2.24) is 0 Å². The third kappa shape index (κ3) is 14.2. The molecule has 3 aromatic carbocycles. The molecule has 1 aliphatic rings. The lowest BCUT2D eigenvalue weighted by molar-refractivity contribution is -0.145. The van der Waals surface area contributed by atoms with E-state index in [1.54, 1.807) is 21.0 Å². The summed E-state index contributed by atoms with van der Waals surface area (Å²) in [6.45, 7) is 15.0. The van der Waals surface area contributed by atoms with Crippen LogP contribution in [-0.2, 0) is 43.1 Å². The molecule has 1 saturated carbocycles. The maximum Gasteiger partial charge on any atom is 0.333 e. The molecule has 0 saturated heterocycles. The van der Waals surface area contributed by atoms with E-state index in [1.165, 1.54) is 73.6 Å². The third-order valence-corrected chi connectivity index (χ3v) is 12.2. The molecule has 2 N–H and O–H groups in total. The zero-order valence-electron chi connectivity index (χ0n) is 37.3. The van der Waals surface area contributed by atoms with E-state index in [0.717, 1.165) is 46.8 Å². The van der Waals surface area contributed by atoms with Gasteiger partial charge in [-0.1, -0.05) is 95.2 Å². The van der Waals surface area contributed by atoms with Gasteiger partial charge in [-0.3, -0.25) is 0 Å². The van der Waals surface area contributed by atoms with Crippen LogP contribution in [0.1, 0.15) is 126 Å². The molecule has 0 bridgehead atoms. The molecule has 0 heterocycles. The molecule has 3 aromatic rings. The van der Waals surface area contributed by atoms with Crippen LogP contribution in [0.2, 0.25) is 0 Å². The molecule has 0 aromatic heterocycles. The van der Waals surface area contributed by atoms with Crippen LogP contribution in [0.4, 0.5) is 0 Å². The number of rotatable bonds is 26. The van der Waals surface area contributed by atoms with Gasteiger partial charge < -0.3 is 29.2 Å². The lowest BCUT2D eigenvalue weighted by Gasteiger charge is -2.29. The summed E-state index contributed by atoms with van der Waals surface area (Å²) in [6.07, 6.45) is 14.4. The number of unbranched alkanes of at least 4 members (excludes halogenated alkanes) is 2. The highest BCUT2D eigenvalue weighted by atomic mass is 16.5. The first-order chi connectivity index (χ1) is 29.0. The van der Waals surface area contributed by atoms with Crippen LogP contribution < -0.4 is 4.74 Å². The van der Waals surface area contributed by atoms with Crippen molar-refractivity contribution < 1.29 is 38.7 Å². The Morgan fingerprint density at radius 1 is 0.717 bits per heavy atom. The van der Waals surface area contributed by atoms with Gasteiger partial charge in [0, 0.05) is 24.9 Å². The molecule has 1 aliphatic carbocycles. The van der Waals surface area contributed by atoms with Crippen molar-refractivity contribution in [3.05, 3.63) is 101 Å². The molecule has 0 radical (unpaired) electrons. The zero-order chi connectivity index (χ0) is 43.5. The second-order valence-corrected chi connectivity index (χ2v) is 17.1. The van der Waals surface area contributed by atoms with Gasteiger partial charge in [0.1, 0.15) is 12.4 Å². The van der Waals surface area contributed by atoms with E-state index in [1.807, 2.05) is 0 Å². The van der Waals surface area contributed by atoms with Gasteiger partial charge in [-0.15, -0.1) is 0 Å². The van der Waals surface area contributed by atoms with E-state index in [2.05, 4.69) is 81.6 Å². The number of carbonyl (C=O) groups is 2. The molecule has 0 spiro atoms. The molecule has 0 amide bonds. The number of ether oxygens (including phenoxy) is 4. The number of carbonyl (C=O) groups excluding carboxylic acids is 2. The summed E-state index contributed by atoms with van der Waals surface area (Å²) < 4.78 is 22.9. The van der Waals surface area contributed by atoms with Gasteiger partial charge in [0.25, 0.3) is 0 Å². The number of hydrogen-bond acceptors (Lipinski definition) is 8. The Bertz CT molecular complexity index is 1830. The van der Waals surface area contributed by atoms with Crippen molar-refractivity contribution >= 4 is 11.9 Å². The van der Waals surface area contributed by atoms with E-state index < -0.39 is 30.6 Å². The van der Waals surface area contributed by atoms with Crippen LogP contribution in [0.5, 0.6) is 5.75 Å². The summed E-state index contributed by atoms with van der Waals surface area (Å²) in [6, 6.07) is 20.4. The van der Waals surface area contributed by atoms with E-state index in [9.17, 15) is 19.8 Å². The molecule has 328 valence electrons. The van der Waals surface area contributed by atoms with Gasteiger partial charge in [-0.05, 0) is 147 Å². The predicted octanol–water partition coefficient (Wildman–Crippen LogP) is 10.9. The SMILES string of the molecule is C=C(C)C(=O)OCCCc1cc(-c2ccc(-c3ccc(C4CCC(CCCCC)CC4)cc3)cc2CC)cc(CCCOC)c1OCCC(CO)(CO)COC(=O)C(=C)C.